The van der Waals surface area contributed by atoms with Gasteiger partial charge in [0.15, 0.2) is 0 Å². The molecule has 0 fully saturated rings. The van der Waals surface area contributed by atoms with Gasteiger partial charge in [0.1, 0.15) is 5.75 Å². The summed E-state index contributed by atoms with van der Waals surface area (Å²) >= 11 is 0. The average molecular weight is 219 g/mol. The lowest BCUT2D eigenvalue weighted by molar-refractivity contribution is -0.400. The van der Waals surface area contributed by atoms with E-state index >= 15 is 0 Å². The Bertz CT molecular complexity index is 424. The summed E-state index contributed by atoms with van der Waals surface area (Å²) < 4.78 is 5.19. The molecule has 0 unspecified atom stereocenters. The minimum absolute atomic E-state index is 0.496. The quantitative estimate of drug-likeness (QED) is 0.434. The predicted molar refractivity (Wildman–Crippen MR) is 62.9 cm³/mol. The van der Waals surface area contributed by atoms with Gasteiger partial charge in [0.25, 0.3) is 0 Å². The SMILES string of the molecule is C=CCc1ccc(/C=C/[N+](=O)[O-])cc1OC. The Labute approximate surface area is 94.0 Å². The van der Waals surface area contributed by atoms with Crippen molar-refractivity contribution in [3.63, 3.8) is 0 Å². The molecule has 16 heavy (non-hydrogen) atoms. The highest BCUT2D eigenvalue weighted by Gasteiger charge is 2.02. The Morgan fingerprint density at radius 1 is 1.56 bits per heavy atom. The lowest BCUT2D eigenvalue weighted by Crippen LogP contribution is -1.91. The largest absolute Gasteiger partial charge is 0.496 e. The van der Waals surface area contributed by atoms with Crippen LogP contribution in [0, 0.1) is 10.1 Å². The Morgan fingerprint density at radius 3 is 2.88 bits per heavy atom. The van der Waals surface area contributed by atoms with Crippen LogP contribution < -0.4 is 4.74 Å². The minimum atomic E-state index is -0.496. The molecule has 4 heteroatoms. The van der Waals surface area contributed by atoms with Gasteiger partial charge in [-0.2, -0.15) is 0 Å². The first kappa shape index (κ1) is 12.0. The predicted octanol–water partition coefficient (Wildman–Crippen LogP) is 2.67. The van der Waals surface area contributed by atoms with Gasteiger partial charge in [-0.15, -0.1) is 6.58 Å². The van der Waals surface area contributed by atoms with Crippen LogP contribution in [-0.2, 0) is 6.42 Å². The molecule has 0 bridgehead atoms. The third-order valence-electron chi connectivity index (χ3n) is 2.06. The summed E-state index contributed by atoms with van der Waals surface area (Å²) in [7, 11) is 1.57. The van der Waals surface area contributed by atoms with E-state index in [4.69, 9.17) is 4.74 Å². The van der Waals surface area contributed by atoms with Crippen molar-refractivity contribution < 1.29 is 9.66 Å². The number of hydrogen-bond acceptors (Lipinski definition) is 3. The van der Waals surface area contributed by atoms with Crippen LogP contribution in [0.2, 0.25) is 0 Å². The van der Waals surface area contributed by atoms with E-state index in [9.17, 15) is 10.1 Å². The van der Waals surface area contributed by atoms with Gasteiger partial charge in [-0.1, -0.05) is 18.2 Å². The Hall–Kier alpha value is -2.10. The molecule has 0 saturated carbocycles. The van der Waals surface area contributed by atoms with Crippen LogP contribution in [0.3, 0.4) is 0 Å². The first-order valence-corrected chi connectivity index (χ1v) is 4.77. The van der Waals surface area contributed by atoms with Gasteiger partial charge in [-0.25, -0.2) is 0 Å². The molecule has 0 aliphatic carbocycles. The van der Waals surface area contributed by atoms with Crippen molar-refractivity contribution in [1.82, 2.24) is 0 Å². The third kappa shape index (κ3) is 3.24. The fraction of sp³-hybridized carbons (Fsp3) is 0.167. The molecule has 1 rings (SSSR count). The molecular weight excluding hydrogens is 206 g/mol. The second-order valence-electron chi connectivity index (χ2n) is 3.17. The summed E-state index contributed by atoms with van der Waals surface area (Å²) in [6, 6.07) is 5.44. The molecule has 84 valence electrons. The van der Waals surface area contributed by atoms with E-state index in [0.717, 1.165) is 17.3 Å². The van der Waals surface area contributed by atoms with E-state index in [2.05, 4.69) is 6.58 Å². The molecular formula is C12H13NO3. The highest BCUT2D eigenvalue weighted by atomic mass is 16.6. The van der Waals surface area contributed by atoms with Crippen molar-refractivity contribution in [1.29, 1.82) is 0 Å². The van der Waals surface area contributed by atoms with E-state index in [1.807, 2.05) is 6.07 Å². The molecule has 0 N–H and O–H groups in total. The maximum atomic E-state index is 10.2. The Morgan fingerprint density at radius 2 is 2.31 bits per heavy atom. The van der Waals surface area contributed by atoms with Gasteiger partial charge < -0.3 is 4.74 Å². The average Bonchev–Trinajstić information content (AvgIpc) is 2.28. The van der Waals surface area contributed by atoms with Crippen LogP contribution in [0.15, 0.2) is 37.1 Å². The van der Waals surface area contributed by atoms with E-state index in [1.54, 1.807) is 25.3 Å². The minimum Gasteiger partial charge on any atom is -0.496 e. The van der Waals surface area contributed by atoms with E-state index in [-0.39, 0.29) is 0 Å². The number of benzene rings is 1. The van der Waals surface area contributed by atoms with Gasteiger partial charge in [0, 0.05) is 6.08 Å². The van der Waals surface area contributed by atoms with Crippen molar-refractivity contribution in [2.75, 3.05) is 7.11 Å². The molecule has 0 spiro atoms. The Balaban J connectivity index is 2.98. The van der Waals surface area contributed by atoms with Crippen LogP contribution in [-0.4, -0.2) is 12.0 Å². The standard InChI is InChI=1S/C12H13NO3/c1-3-4-11-6-5-10(7-8-13(14)15)9-12(11)16-2/h3,5-9H,1,4H2,2H3/b8-7+. The molecule has 4 nitrogen and oxygen atoms in total. The van der Waals surface area contributed by atoms with Crippen molar-refractivity contribution in [2.24, 2.45) is 0 Å². The summed E-state index contributed by atoms with van der Waals surface area (Å²) in [6.45, 7) is 3.65. The zero-order valence-electron chi connectivity index (χ0n) is 9.05. The second-order valence-corrected chi connectivity index (χ2v) is 3.17. The number of nitrogens with zero attached hydrogens (tertiary/aromatic N) is 1. The topological polar surface area (TPSA) is 52.4 Å². The number of rotatable bonds is 5. The fourth-order valence-electron chi connectivity index (χ4n) is 1.34. The van der Waals surface area contributed by atoms with Gasteiger partial charge >= 0.3 is 0 Å². The van der Waals surface area contributed by atoms with Gasteiger partial charge in [0.05, 0.1) is 12.0 Å². The molecule has 1 aromatic carbocycles. The van der Waals surface area contributed by atoms with Crippen LogP contribution >= 0.6 is 0 Å². The summed E-state index contributed by atoms with van der Waals surface area (Å²) in [5.41, 5.74) is 1.75. The van der Waals surface area contributed by atoms with Crippen molar-refractivity contribution in [2.45, 2.75) is 6.42 Å². The summed E-state index contributed by atoms with van der Waals surface area (Å²) in [6.07, 6.45) is 4.83. The summed E-state index contributed by atoms with van der Waals surface area (Å²) in [4.78, 5) is 9.67. The van der Waals surface area contributed by atoms with Crippen LogP contribution in [0.5, 0.6) is 5.75 Å². The lowest BCUT2D eigenvalue weighted by atomic mass is 10.1. The molecule has 0 radical (unpaired) electrons. The van der Waals surface area contributed by atoms with Crippen LogP contribution in [0.1, 0.15) is 11.1 Å². The second kappa shape index (κ2) is 5.70. The first-order valence-electron chi connectivity index (χ1n) is 4.77. The van der Waals surface area contributed by atoms with Crippen LogP contribution in [0.4, 0.5) is 0 Å². The maximum Gasteiger partial charge on any atom is 0.235 e. The molecule has 0 atom stereocenters. The maximum absolute atomic E-state index is 10.2. The smallest absolute Gasteiger partial charge is 0.235 e. The highest BCUT2D eigenvalue weighted by Crippen LogP contribution is 2.21. The molecule has 1 aromatic rings. The molecule has 0 aromatic heterocycles. The van der Waals surface area contributed by atoms with Gasteiger partial charge in [-0.05, 0) is 23.6 Å². The van der Waals surface area contributed by atoms with Crippen molar-refractivity contribution in [3.8, 4) is 5.75 Å². The first-order chi connectivity index (χ1) is 7.67. The summed E-state index contributed by atoms with van der Waals surface area (Å²) in [5, 5.41) is 10.2. The summed E-state index contributed by atoms with van der Waals surface area (Å²) in [5.74, 6) is 0.713. The third-order valence-corrected chi connectivity index (χ3v) is 2.06. The van der Waals surface area contributed by atoms with Crippen molar-refractivity contribution >= 4 is 6.08 Å². The lowest BCUT2D eigenvalue weighted by Gasteiger charge is -2.06. The van der Waals surface area contributed by atoms with E-state index in [0.29, 0.717) is 12.2 Å². The molecule has 0 saturated heterocycles. The Kier molecular flexibility index (Phi) is 4.27. The van der Waals surface area contributed by atoms with Crippen LogP contribution in [0.25, 0.3) is 6.08 Å². The fourth-order valence-corrected chi connectivity index (χ4v) is 1.34. The number of hydrogen-bond donors (Lipinski definition) is 0. The van der Waals surface area contributed by atoms with Gasteiger partial charge in [0.2, 0.25) is 6.20 Å². The van der Waals surface area contributed by atoms with E-state index in [1.165, 1.54) is 6.08 Å². The zero-order valence-corrected chi connectivity index (χ0v) is 9.05. The number of ether oxygens (including phenoxy) is 1. The van der Waals surface area contributed by atoms with Gasteiger partial charge in [-0.3, -0.25) is 10.1 Å². The number of methoxy groups -OCH3 is 1. The molecule has 0 aliphatic rings. The van der Waals surface area contributed by atoms with Crippen molar-refractivity contribution in [3.05, 3.63) is 58.3 Å². The monoisotopic (exact) mass is 219 g/mol. The zero-order chi connectivity index (χ0) is 12.0. The molecule has 0 amide bonds. The molecule has 0 heterocycles. The molecule has 0 aliphatic heterocycles. The number of allylic oxidation sites excluding steroid dienone is 1. The highest BCUT2D eigenvalue weighted by molar-refractivity contribution is 5.53. The number of nitro groups is 1. The normalized spacial score (nSPS) is 10.3. The van der Waals surface area contributed by atoms with E-state index < -0.39 is 4.92 Å².